The van der Waals surface area contributed by atoms with E-state index in [4.69, 9.17) is 5.26 Å². The van der Waals surface area contributed by atoms with Gasteiger partial charge in [0.25, 0.3) is 5.56 Å². The molecule has 2 aromatic heterocycles. The molecule has 0 amide bonds. The van der Waals surface area contributed by atoms with Gasteiger partial charge in [0.15, 0.2) is 0 Å². The summed E-state index contributed by atoms with van der Waals surface area (Å²) in [6.45, 7) is 6.65. The Bertz CT molecular complexity index is 1230. The minimum absolute atomic E-state index is 0.141. The summed E-state index contributed by atoms with van der Waals surface area (Å²) >= 11 is 1.50. The minimum atomic E-state index is -4.57. The molecule has 3 heterocycles. The van der Waals surface area contributed by atoms with Gasteiger partial charge in [-0.05, 0) is 37.6 Å². The number of aromatic amines is 1. The highest BCUT2D eigenvalue weighted by Crippen LogP contribution is 2.34. The number of piperazine rings is 1. The topological polar surface area (TPSA) is 76.0 Å². The van der Waals surface area contributed by atoms with Crippen LogP contribution in [0.2, 0.25) is 0 Å². The van der Waals surface area contributed by atoms with Crippen molar-refractivity contribution in [1.82, 2.24) is 14.9 Å². The standard InChI is InChI=1S/C21H20F3N5OS/c1-12-13(2)31-20-18(12)19(30)26-17(27-20)11-28-5-7-29(8-6-28)15-4-3-14(10-25)16(9-15)21(22,23)24/h3-4,9H,5-8,11H2,1-2H3,(H,26,27,30). The molecule has 0 radical (unpaired) electrons. The average Bonchev–Trinajstić information content (AvgIpc) is 3.01. The monoisotopic (exact) mass is 447 g/mol. The quantitative estimate of drug-likeness (QED) is 0.661. The highest BCUT2D eigenvalue weighted by molar-refractivity contribution is 7.18. The van der Waals surface area contributed by atoms with Gasteiger partial charge in [0.05, 0.1) is 29.1 Å². The number of halogens is 3. The second-order valence-corrected chi connectivity index (χ2v) is 8.78. The molecule has 0 atom stereocenters. The van der Waals surface area contributed by atoms with Crippen LogP contribution in [-0.4, -0.2) is 41.0 Å². The van der Waals surface area contributed by atoms with E-state index in [-0.39, 0.29) is 11.1 Å². The van der Waals surface area contributed by atoms with E-state index in [1.165, 1.54) is 17.4 Å². The van der Waals surface area contributed by atoms with Crippen LogP contribution in [0.4, 0.5) is 18.9 Å². The Morgan fingerprint density at radius 1 is 1.23 bits per heavy atom. The van der Waals surface area contributed by atoms with Gasteiger partial charge in [-0.1, -0.05) is 0 Å². The SMILES string of the molecule is Cc1sc2nc(CN3CCN(c4ccc(C#N)c(C(F)(F)F)c4)CC3)[nH]c(=O)c2c1C. The van der Waals surface area contributed by atoms with Crippen LogP contribution in [-0.2, 0) is 12.7 Å². The van der Waals surface area contributed by atoms with E-state index in [9.17, 15) is 18.0 Å². The molecule has 1 aromatic carbocycles. The Hall–Kier alpha value is -2.90. The zero-order chi connectivity index (χ0) is 22.3. The van der Waals surface area contributed by atoms with E-state index in [0.717, 1.165) is 21.3 Å². The number of hydrogen-bond donors (Lipinski definition) is 1. The number of alkyl halides is 3. The number of fused-ring (bicyclic) bond motifs is 1. The van der Waals surface area contributed by atoms with Crippen LogP contribution >= 0.6 is 11.3 Å². The van der Waals surface area contributed by atoms with Gasteiger partial charge in [-0.15, -0.1) is 11.3 Å². The number of anilines is 1. The predicted molar refractivity (Wildman–Crippen MR) is 113 cm³/mol. The summed E-state index contributed by atoms with van der Waals surface area (Å²) in [7, 11) is 0. The molecule has 31 heavy (non-hydrogen) atoms. The molecule has 0 unspecified atom stereocenters. The molecule has 0 aliphatic carbocycles. The van der Waals surface area contributed by atoms with Crippen molar-refractivity contribution in [3.8, 4) is 6.07 Å². The summed E-state index contributed by atoms with van der Waals surface area (Å²) in [6.07, 6.45) is -4.57. The zero-order valence-electron chi connectivity index (χ0n) is 17.0. The second-order valence-electron chi connectivity index (χ2n) is 7.58. The molecule has 0 bridgehead atoms. The van der Waals surface area contributed by atoms with Crippen LogP contribution < -0.4 is 10.5 Å². The third-order valence-electron chi connectivity index (χ3n) is 5.63. The normalized spacial score (nSPS) is 15.4. The lowest BCUT2D eigenvalue weighted by atomic mass is 10.1. The van der Waals surface area contributed by atoms with Crippen LogP contribution in [0.25, 0.3) is 10.2 Å². The summed E-state index contributed by atoms with van der Waals surface area (Å²) in [5, 5.41) is 9.60. The maximum Gasteiger partial charge on any atom is 0.417 e. The Morgan fingerprint density at radius 3 is 2.58 bits per heavy atom. The van der Waals surface area contributed by atoms with Gasteiger partial charge in [-0.3, -0.25) is 9.69 Å². The first-order chi connectivity index (χ1) is 14.7. The van der Waals surface area contributed by atoms with Crippen LogP contribution in [0.5, 0.6) is 0 Å². The average molecular weight is 447 g/mol. The Morgan fingerprint density at radius 2 is 1.94 bits per heavy atom. The molecule has 162 valence electrons. The molecular weight excluding hydrogens is 427 g/mol. The third kappa shape index (κ3) is 4.16. The van der Waals surface area contributed by atoms with Gasteiger partial charge >= 0.3 is 6.18 Å². The van der Waals surface area contributed by atoms with Crippen molar-refractivity contribution < 1.29 is 13.2 Å². The van der Waals surface area contributed by atoms with E-state index < -0.39 is 11.7 Å². The van der Waals surface area contributed by atoms with Crippen LogP contribution in [0.1, 0.15) is 27.4 Å². The number of nitriles is 1. The van der Waals surface area contributed by atoms with Crippen molar-refractivity contribution in [2.24, 2.45) is 0 Å². The molecule has 0 saturated carbocycles. The lowest BCUT2D eigenvalue weighted by Crippen LogP contribution is -2.46. The summed E-state index contributed by atoms with van der Waals surface area (Å²) in [5.74, 6) is 0.588. The van der Waals surface area contributed by atoms with Crippen LogP contribution in [0, 0.1) is 25.2 Å². The number of aryl methyl sites for hydroxylation is 2. The van der Waals surface area contributed by atoms with Gasteiger partial charge < -0.3 is 9.88 Å². The second kappa shape index (κ2) is 7.98. The van der Waals surface area contributed by atoms with Gasteiger partial charge in [0.1, 0.15) is 10.7 Å². The number of H-pyrrole nitrogens is 1. The summed E-state index contributed by atoms with van der Waals surface area (Å²) in [5.41, 5.74) is -0.0262. The molecule has 1 aliphatic heterocycles. The number of benzene rings is 1. The first kappa shape index (κ1) is 21.3. The predicted octanol–water partition coefficient (Wildman–Crippen LogP) is 3.81. The fourth-order valence-electron chi connectivity index (χ4n) is 3.81. The Kier molecular flexibility index (Phi) is 5.49. The molecule has 10 heteroatoms. The lowest BCUT2D eigenvalue weighted by molar-refractivity contribution is -0.137. The maximum absolute atomic E-state index is 13.2. The van der Waals surface area contributed by atoms with Crippen molar-refractivity contribution >= 4 is 27.2 Å². The fourth-order valence-corrected chi connectivity index (χ4v) is 4.86. The lowest BCUT2D eigenvalue weighted by Gasteiger charge is -2.36. The fraction of sp³-hybridized carbons (Fsp3) is 0.381. The number of rotatable bonds is 3. The Labute approximate surface area is 180 Å². The number of nitrogens with one attached hydrogen (secondary N) is 1. The number of aromatic nitrogens is 2. The van der Waals surface area contributed by atoms with E-state index >= 15 is 0 Å². The molecule has 1 saturated heterocycles. The van der Waals surface area contributed by atoms with E-state index in [1.54, 1.807) is 12.1 Å². The zero-order valence-corrected chi connectivity index (χ0v) is 17.8. The Balaban J connectivity index is 1.47. The molecule has 3 aromatic rings. The molecule has 1 fully saturated rings. The van der Waals surface area contributed by atoms with Crippen LogP contribution in [0.15, 0.2) is 23.0 Å². The molecule has 1 N–H and O–H groups in total. The van der Waals surface area contributed by atoms with Crippen molar-refractivity contribution in [1.29, 1.82) is 5.26 Å². The highest BCUT2D eigenvalue weighted by atomic mass is 32.1. The molecule has 4 rings (SSSR count). The van der Waals surface area contributed by atoms with Gasteiger partial charge in [0, 0.05) is 36.7 Å². The largest absolute Gasteiger partial charge is 0.417 e. The van der Waals surface area contributed by atoms with Crippen molar-refractivity contribution in [2.75, 3.05) is 31.1 Å². The third-order valence-corrected chi connectivity index (χ3v) is 6.73. The van der Waals surface area contributed by atoms with E-state index in [1.807, 2.05) is 18.7 Å². The van der Waals surface area contributed by atoms with E-state index in [0.29, 0.717) is 49.6 Å². The minimum Gasteiger partial charge on any atom is -0.369 e. The summed E-state index contributed by atoms with van der Waals surface area (Å²) < 4.78 is 39.7. The van der Waals surface area contributed by atoms with Gasteiger partial charge in [0.2, 0.25) is 0 Å². The number of nitrogens with zero attached hydrogens (tertiary/aromatic N) is 4. The van der Waals surface area contributed by atoms with Gasteiger partial charge in [-0.25, -0.2) is 4.98 Å². The molecular formula is C21H20F3N5OS. The smallest absolute Gasteiger partial charge is 0.369 e. The summed E-state index contributed by atoms with van der Waals surface area (Å²) in [6, 6.07) is 5.43. The summed E-state index contributed by atoms with van der Waals surface area (Å²) in [4.78, 5) is 25.7. The molecule has 1 aliphatic rings. The number of hydrogen-bond acceptors (Lipinski definition) is 6. The van der Waals surface area contributed by atoms with Crippen molar-refractivity contribution in [3.05, 3.63) is 55.9 Å². The molecule has 0 spiro atoms. The first-order valence-electron chi connectivity index (χ1n) is 9.75. The van der Waals surface area contributed by atoms with Gasteiger partial charge in [-0.2, -0.15) is 18.4 Å². The van der Waals surface area contributed by atoms with E-state index in [2.05, 4.69) is 14.9 Å². The van der Waals surface area contributed by atoms with Crippen molar-refractivity contribution in [2.45, 2.75) is 26.6 Å². The number of thiophene rings is 1. The van der Waals surface area contributed by atoms with Crippen molar-refractivity contribution in [3.63, 3.8) is 0 Å². The maximum atomic E-state index is 13.2. The molecule has 6 nitrogen and oxygen atoms in total. The highest BCUT2D eigenvalue weighted by Gasteiger charge is 2.34. The first-order valence-corrected chi connectivity index (χ1v) is 10.6. The van der Waals surface area contributed by atoms with Crippen LogP contribution in [0.3, 0.4) is 0 Å².